The predicted octanol–water partition coefficient (Wildman–Crippen LogP) is 3.89. The summed E-state index contributed by atoms with van der Waals surface area (Å²) in [4.78, 5) is 18.7. The standard InChI is InChI=1S/C17H16N2O2S/c1-11-8-9-12(10-14(11)21-3)16(20)19(2)17-18-13-6-4-5-7-15(13)22-17/h4-10H,1-3H3. The van der Waals surface area contributed by atoms with Gasteiger partial charge in [-0.1, -0.05) is 29.5 Å². The number of hydrogen-bond donors (Lipinski definition) is 0. The Hall–Kier alpha value is -2.40. The molecule has 0 aliphatic heterocycles. The van der Waals surface area contributed by atoms with Gasteiger partial charge in [0.15, 0.2) is 5.13 Å². The first-order valence-electron chi connectivity index (χ1n) is 6.88. The average Bonchev–Trinajstić information content (AvgIpc) is 2.98. The van der Waals surface area contributed by atoms with E-state index in [1.54, 1.807) is 25.1 Å². The lowest BCUT2D eigenvalue weighted by atomic mass is 10.1. The van der Waals surface area contributed by atoms with Crippen molar-refractivity contribution in [2.75, 3.05) is 19.1 Å². The van der Waals surface area contributed by atoms with Crippen LogP contribution in [0.3, 0.4) is 0 Å². The molecule has 0 N–H and O–H groups in total. The molecule has 112 valence electrons. The first kappa shape index (κ1) is 14.5. The minimum Gasteiger partial charge on any atom is -0.496 e. The number of nitrogens with zero attached hydrogens (tertiary/aromatic N) is 2. The van der Waals surface area contributed by atoms with Crippen molar-refractivity contribution in [3.8, 4) is 5.75 Å². The van der Waals surface area contributed by atoms with Gasteiger partial charge in [0.05, 0.1) is 17.3 Å². The summed E-state index contributed by atoms with van der Waals surface area (Å²) in [5.41, 5.74) is 2.49. The Balaban J connectivity index is 1.93. The molecule has 0 unspecified atom stereocenters. The van der Waals surface area contributed by atoms with E-state index in [4.69, 9.17) is 4.74 Å². The van der Waals surface area contributed by atoms with Gasteiger partial charge in [-0.3, -0.25) is 9.69 Å². The van der Waals surface area contributed by atoms with E-state index in [9.17, 15) is 4.79 Å². The van der Waals surface area contributed by atoms with Crippen LogP contribution in [-0.2, 0) is 0 Å². The number of carbonyl (C=O) groups excluding carboxylic acids is 1. The fourth-order valence-electron chi connectivity index (χ4n) is 2.24. The van der Waals surface area contributed by atoms with Crippen LogP contribution in [0.15, 0.2) is 42.5 Å². The molecular formula is C17H16N2O2S. The number of para-hydroxylation sites is 1. The highest BCUT2D eigenvalue weighted by atomic mass is 32.1. The maximum Gasteiger partial charge on any atom is 0.259 e. The van der Waals surface area contributed by atoms with Crippen LogP contribution in [0.5, 0.6) is 5.75 Å². The Kier molecular flexibility index (Phi) is 3.81. The van der Waals surface area contributed by atoms with Gasteiger partial charge in [-0.25, -0.2) is 4.98 Å². The topological polar surface area (TPSA) is 42.4 Å². The number of hydrogen-bond acceptors (Lipinski definition) is 4. The Morgan fingerprint density at radius 3 is 2.73 bits per heavy atom. The van der Waals surface area contributed by atoms with Crippen LogP contribution in [0.1, 0.15) is 15.9 Å². The number of thiazole rings is 1. The van der Waals surface area contributed by atoms with Gasteiger partial charge < -0.3 is 4.74 Å². The minimum atomic E-state index is -0.0997. The number of aromatic nitrogens is 1. The molecule has 5 heteroatoms. The molecule has 0 radical (unpaired) electrons. The van der Waals surface area contributed by atoms with E-state index in [0.29, 0.717) is 16.4 Å². The molecule has 0 saturated carbocycles. The molecule has 3 aromatic rings. The fourth-order valence-corrected chi connectivity index (χ4v) is 3.16. The lowest BCUT2D eigenvalue weighted by molar-refractivity contribution is 0.0992. The molecule has 0 spiro atoms. The number of ether oxygens (including phenoxy) is 1. The molecule has 3 rings (SSSR count). The maximum atomic E-state index is 12.6. The van der Waals surface area contributed by atoms with Crippen molar-refractivity contribution in [2.45, 2.75) is 6.92 Å². The van der Waals surface area contributed by atoms with E-state index >= 15 is 0 Å². The second-order valence-corrected chi connectivity index (χ2v) is 6.02. The monoisotopic (exact) mass is 312 g/mol. The van der Waals surface area contributed by atoms with E-state index in [0.717, 1.165) is 15.8 Å². The van der Waals surface area contributed by atoms with Crippen molar-refractivity contribution in [1.29, 1.82) is 0 Å². The molecule has 0 saturated heterocycles. The van der Waals surface area contributed by atoms with E-state index in [2.05, 4.69) is 4.98 Å². The van der Waals surface area contributed by atoms with Crippen LogP contribution in [0.2, 0.25) is 0 Å². The number of methoxy groups -OCH3 is 1. The maximum absolute atomic E-state index is 12.6. The van der Waals surface area contributed by atoms with Gasteiger partial charge in [-0.05, 0) is 36.8 Å². The number of carbonyl (C=O) groups is 1. The SMILES string of the molecule is COc1cc(C(=O)N(C)c2nc3ccccc3s2)ccc1C. The van der Waals surface area contributed by atoms with Crippen molar-refractivity contribution < 1.29 is 9.53 Å². The largest absolute Gasteiger partial charge is 0.496 e. The molecule has 1 heterocycles. The second-order valence-electron chi connectivity index (χ2n) is 5.01. The van der Waals surface area contributed by atoms with Crippen LogP contribution >= 0.6 is 11.3 Å². The zero-order chi connectivity index (χ0) is 15.7. The van der Waals surface area contributed by atoms with Crippen LogP contribution in [-0.4, -0.2) is 25.0 Å². The first-order valence-corrected chi connectivity index (χ1v) is 7.70. The highest BCUT2D eigenvalue weighted by Gasteiger charge is 2.18. The van der Waals surface area contributed by atoms with E-state index < -0.39 is 0 Å². The molecule has 0 bridgehead atoms. The molecule has 0 aliphatic rings. The third kappa shape index (κ3) is 2.55. The van der Waals surface area contributed by atoms with Gasteiger partial charge in [0, 0.05) is 12.6 Å². The summed E-state index contributed by atoms with van der Waals surface area (Å²) in [5.74, 6) is 0.612. The normalized spacial score (nSPS) is 10.7. The van der Waals surface area contributed by atoms with Crippen molar-refractivity contribution in [1.82, 2.24) is 4.98 Å². The number of benzene rings is 2. The van der Waals surface area contributed by atoms with Gasteiger partial charge >= 0.3 is 0 Å². The third-order valence-electron chi connectivity index (χ3n) is 3.53. The van der Waals surface area contributed by atoms with Crippen molar-refractivity contribution in [3.63, 3.8) is 0 Å². The molecule has 2 aromatic carbocycles. The second kappa shape index (κ2) is 5.77. The highest BCUT2D eigenvalue weighted by molar-refractivity contribution is 7.22. The van der Waals surface area contributed by atoms with Crippen molar-refractivity contribution in [2.24, 2.45) is 0 Å². The molecule has 4 nitrogen and oxygen atoms in total. The van der Waals surface area contributed by atoms with E-state index in [1.807, 2.05) is 43.3 Å². The Bertz CT molecular complexity index is 809. The zero-order valence-corrected chi connectivity index (χ0v) is 13.5. The quantitative estimate of drug-likeness (QED) is 0.737. The molecule has 0 atom stereocenters. The van der Waals surface area contributed by atoms with E-state index in [1.165, 1.54) is 11.3 Å². The summed E-state index contributed by atoms with van der Waals surface area (Å²) in [5, 5.41) is 0.686. The summed E-state index contributed by atoms with van der Waals surface area (Å²) >= 11 is 1.50. The van der Waals surface area contributed by atoms with Gasteiger partial charge in [0.1, 0.15) is 5.75 Å². The Morgan fingerprint density at radius 2 is 2.00 bits per heavy atom. The molecular weight excluding hydrogens is 296 g/mol. The summed E-state index contributed by atoms with van der Waals surface area (Å²) in [6.45, 7) is 1.95. The number of rotatable bonds is 3. The minimum absolute atomic E-state index is 0.0997. The van der Waals surface area contributed by atoms with Gasteiger partial charge in [0.2, 0.25) is 0 Å². The fraction of sp³-hybridized carbons (Fsp3) is 0.176. The van der Waals surface area contributed by atoms with Gasteiger partial charge in [-0.2, -0.15) is 0 Å². The number of anilines is 1. The highest BCUT2D eigenvalue weighted by Crippen LogP contribution is 2.29. The lowest BCUT2D eigenvalue weighted by Gasteiger charge is -2.14. The van der Waals surface area contributed by atoms with Crippen molar-refractivity contribution in [3.05, 3.63) is 53.6 Å². The number of fused-ring (bicyclic) bond motifs is 1. The van der Waals surface area contributed by atoms with Crippen LogP contribution in [0, 0.1) is 6.92 Å². The lowest BCUT2D eigenvalue weighted by Crippen LogP contribution is -2.26. The third-order valence-corrected chi connectivity index (χ3v) is 4.64. The summed E-state index contributed by atoms with van der Waals surface area (Å²) in [6.07, 6.45) is 0. The molecule has 1 amide bonds. The molecule has 0 aliphatic carbocycles. The van der Waals surface area contributed by atoms with E-state index in [-0.39, 0.29) is 5.91 Å². The molecule has 22 heavy (non-hydrogen) atoms. The number of amides is 1. The Labute approximate surface area is 133 Å². The van der Waals surface area contributed by atoms with Crippen LogP contribution in [0.4, 0.5) is 5.13 Å². The van der Waals surface area contributed by atoms with Gasteiger partial charge in [-0.15, -0.1) is 0 Å². The summed E-state index contributed by atoms with van der Waals surface area (Å²) in [7, 11) is 3.35. The van der Waals surface area contributed by atoms with Crippen LogP contribution in [0.25, 0.3) is 10.2 Å². The smallest absolute Gasteiger partial charge is 0.259 e. The summed E-state index contributed by atoms with van der Waals surface area (Å²) < 4.78 is 6.35. The van der Waals surface area contributed by atoms with Crippen molar-refractivity contribution >= 4 is 32.6 Å². The molecule has 0 fully saturated rings. The average molecular weight is 312 g/mol. The predicted molar refractivity (Wildman–Crippen MR) is 90.1 cm³/mol. The molecule has 1 aromatic heterocycles. The Morgan fingerprint density at radius 1 is 1.23 bits per heavy atom. The summed E-state index contributed by atoms with van der Waals surface area (Å²) in [6, 6.07) is 13.3. The first-order chi connectivity index (χ1) is 10.6. The van der Waals surface area contributed by atoms with Gasteiger partial charge in [0.25, 0.3) is 5.91 Å². The van der Waals surface area contributed by atoms with Crippen LogP contribution < -0.4 is 9.64 Å². The number of aryl methyl sites for hydroxylation is 1. The zero-order valence-electron chi connectivity index (χ0n) is 12.7.